The van der Waals surface area contributed by atoms with Crippen LogP contribution in [0.4, 0.5) is 11.4 Å². The average molecular weight is 257 g/mol. The van der Waals surface area contributed by atoms with Crippen LogP contribution in [0.25, 0.3) is 0 Å². The smallest absolute Gasteiger partial charge is 0.337 e. The van der Waals surface area contributed by atoms with E-state index in [1.807, 2.05) is 37.3 Å². The predicted octanol–water partition coefficient (Wildman–Crippen LogP) is 3.45. The molecule has 0 bridgehead atoms. The lowest BCUT2D eigenvalue weighted by Crippen LogP contribution is -2.04. The first-order valence-electron chi connectivity index (χ1n) is 5.86. The summed E-state index contributed by atoms with van der Waals surface area (Å²) in [6.45, 7) is 1.86. The number of methoxy groups -OCH3 is 1. The predicted molar refractivity (Wildman–Crippen MR) is 74.4 cm³/mol. The van der Waals surface area contributed by atoms with Crippen LogP contribution in [0, 0.1) is 6.92 Å². The maximum Gasteiger partial charge on any atom is 0.337 e. The Labute approximate surface area is 111 Å². The van der Waals surface area contributed by atoms with Crippen LogP contribution in [0.2, 0.25) is 0 Å². The Hall–Kier alpha value is -2.49. The second-order valence-corrected chi connectivity index (χ2v) is 4.18. The van der Waals surface area contributed by atoms with Crippen molar-refractivity contribution in [3.8, 4) is 5.75 Å². The molecule has 0 aromatic heterocycles. The van der Waals surface area contributed by atoms with E-state index >= 15 is 0 Å². The molecule has 0 fully saturated rings. The minimum absolute atomic E-state index is 0.242. The van der Waals surface area contributed by atoms with Gasteiger partial charge in [-0.3, -0.25) is 0 Å². The van der Waals surface area contributed by atoms with E-state index < -0.39 is 5.97 Å². The fourth-order valence-corrected chi connectivity index (χ4v) is 1.84. The molecular weight excluding hydrogens is 242 g/mol. The molecule has 0 radical (unpaired) electrons. The van der Waals surface area contributed by atoms with E-state index in [4.69, 9.17) is 4.74 Å². The lowest BCUT2D eigenvalue weighted by atomic mass is 10.1. The van der Waals surface area contributed by atoms with E-state index in [-0.39, 0.29) is 5.56 Å². The van der Waals surface area contributed by atoms with Crippen LogP contribution < -0.4 is 10.1 Å². The Morgan fingerprint density at radius 1 is 1.16 bits per heavy atom. The zero-order valence-electron chi connectivity index (χ0n) is 10.8. The molecule has 0 aliphatic carbocycles. The van der Waals surface area contributed by atoms with Crippen molar-refractivity contribution in [2.45, 2.75) is 6.92 Å². The minimum atomic E-state index is -0.957. The van der Waals surface area contributed by atoms with Crippen molar-refractivity contribution in [2.24, 2.45) is 0 Å². The number of carboxylic acid groups (broad SMARTS) is 1. The quantitative estimate of drug-likeness (QED) is 0.880. The van der Waals surface area contributed by atoms with Crippen LogP contribution >= 0.6 is 0 Å². The number of aryl methyl sites for hydroxylation is 1. The van der Waals surface area contributed by atoms with Crippen molar-refractivity contribution in [3.05, 3.63) is 53.6 Å². The summed E-state index contributed by atoms with van der Waals surface area (Å²) in [5.41, 5.74) is 2.42. The van der Waals surface area contributed by atoms with Gasteiger partial charge in [0.15, 0.2) is 0 Å². The van der Waals surface area contributed by atoms with Crippen molar-refractivity contribution in [1.29, 1.82) is 0 Å². The Morgan fingerprint density at radius 3 is 2.58 bits per heavy atom. The van der Waals surface area contributed by atoms with Gasteiger partial charge in [-0.1, -0.05) is 23.8 Å². The van der Waals surface area contributed by atoms with Gasteiger partial charge in [-0.2, -0.15) is 0 Å². The summed E-state index contributed by atoms with van der Waals surface area (Å²) >= 11 is 0. The summed E-state index contributed by atoms with van der Waals surface area (Å²) in [5, 5.41) is 12.3. The second-order valence-electron chi connectivity index (χ2n) is 4.18. The number of hydrogen-bond acceptors (Lipinski definition) is 3. The third-order valence-electron chi connectivity index (χ3n) is 2.78. The van der Waals surface area contributed by atoms with Crippen molar-refractivity contribution in [1.82, 2.24) is 0 Å². The van der Waals surface area contributed by atoms with Crippen molar-refractivity contribution in [3.63, 3.8) is 0 Å². The van der Waals surface area contributed by atoms with Gasteiger partial charge in [-0.05, 0) is 31.2 Å². The number of carbonyl (C=O) groups is 1. The maximum absolute atomic E-state index is 11.2. The monoisotopic (exact) mass is 257 g/mol. The van der Waals surface area contributed by atoms with E-state index in [1.54, 1.807) is 19.2 Å². The molecule has 0 heterocycles. The Balaban J connectivity index is 2.41. The van der Waals surface area contributed by atoms with Gasteiger partial charge >= 0.3 is 5.97 Å². The zero-order valence-corrected chi connectivity index (χ0v) is 10.8. The lowest BCUT2D eigenvalue weighted by molar-refractivity contribution is 0.0698. The molecule has 0 saturated heterocycles. The van der Waals surface area contributed by atoms with Gasteiger partial charge in [0.1, 0.15) is 5.75 Å². The number of rotatable bonds is 4. The molecule has 0 amide bonds. The maximum atomic E-state index is 11.2. The molecule has 0 saturated carbocycles. The second kappa shape index (κ2) is 5.44. The van der Waals surface area contributed by atoms with E-state index in [9.17, 15) is 9.90 Å². The summed E-state index contributed by atoms with van der Waals surface area (Å²) in [5.74, 6) is -0.291. The Kier molecular flexibility index (Phi) is 3.71. The third kappa shape index (κ3) is 2.85. The van der Waals surface area contributed by atoms with Crippen LogP contribution in [-0.4, -0.2) is 18.2 Å². The summed E-state index contributed by atoms with van der Waals surface area (Å²) in [6.07, 6.45) is 0. The molecule has 0 aliphatic heterocycles. The first-order valence-corrected chi connectivity index (χ1v) is 5.86. The highest BCUT2D eigenvalue weighted by Gasteiger charge is 2.11. The first kappa shape index (κ1) is 13.0. The van der Waals surface area contributed by atoms with Gasteiger partial charge in [0.2, 0.25) is 0 Å². The summed E-state index contributed by atoms with van der Waals surface area (Å²) in [7, 11) is 1.58. The van der Waals surface area contributed by atoms with Gasteiger partial charge in [-0.25, -0.2) is 4.79 Å². The highest BCUT2D eigenvalue weighted by Crippen LogP contribution is 2.29. The Bertz CT molecular complexity index is 608. The molecule has 98 valence electrons. The molecule has 2 N–H and O–H groups in total. The molecule has 0 spiro atoms. The standard InChI is InChI=1S/C15H15NO3/c1-10-7-8-12(11(9-10)15(17)18)16-13-5-3-4-6-14(13)19-2/h3-9,16H,1-2H3,(H,17,18). The Morgan fingerprint density at radius 2 is 1.89 bits per heavy atom. The lowest BCUT2D eigenvalue weighted by Gasteiger charge is -2.13. The molecule has 4 nitrogen and oxygen atoms in total. The number of ether oxygens (including phenoxy) is 1. The number of aromatic carboxylic acids is 1. The average Bonchev–Trinajstić information content (AvgIpc) is 2.41. The molecule has 0 aliphatic rings. The van der Waals surface area contributed by atoms with E-state index in [0.29, 0.717) is 11.4 Å². The molecular formula is C15H15NO3. The molecule has 2 rings (SSSR count). The highest BCUT2D eigenvalue weighted by atomic mass is 16.5. The van der Waals surface area contributed by atoms with Gasteiger partial charge in [0, 0.05) is 0 Å². The SMILES string of the molecule is COc1ccccc1Nc1ccc(C)cc1C(=O)O. The minimum Gasteiger partial charge on any atom is -0.495 e. The number of para-hydroxylation sites is 2. The van der Waals surface area contributed by atoms with Crippen molar-refractivity contribution < 1.29 is 14.6 Å². The zero-order chi connectivity index (χ0) is 13.8. The van der Waals surface area contributed by atoms with Crippen LogP contribution in [0.5, 0.6) is 5.75 Å². The topological polar surface area (TPSA) is 58.6 Å². The van der Waals surface area contributed by atoms with E-state index in [0.717, 1.165) is 11.3 Å². The number of carboxylic acids is 1. The van der Waals surface area contributed by atoms with Gasteiger partial charge in [0.05, 0.1) is 24.0 Å². The van der Waals surface area contributed by atoms with Crippen molar-refractivity contribution in [2.75, 3.05) is 12.4 Å². The fraction of sp³-hybridized carbons (Fsp3) is 0.133. The van der Waals surface area contributed by atoms with E-state index in [1.165, 1.54) is 0 Å². The number of benzene rings is 2. The van der Waals surface area contributed by atoms with Crippen LogP contribution in [0.3, 0.4) is 0 Å². The highest BCUT2D eigenvalue weighted by molar-refractivity contribution is 5.95. The molecule has 19 heavy (non-hydrogen) atoms. The summed E-state index contributed by atoms with van der Waals surface area (Å²) < 4.78 is 5.23. The van der Waals surface area contributed by atoms with Crippen LogP contribution in [0.1, 0.15) is 15.9 Å². The normalized spacial score (nSPS) is 10.0. The molecule has 4 heteroatoms. The van der Waals surface area contributed by atoms with Gasteiger partial charge < -0.3 is 15.2 Å². The molecule has 0 atom stereocenters. The van der Waals surface area contributed by atoms with Gasteiger partial charge in [0.25, 0.3) is 0 Å². The fourth-order valence-electron chi connectivity index (χ4n) is 1.84. The number of anilines is 2. The summed E-state index contributed by atoms with van der Waals surface area (Å²) in [6, 6.07) is 12.6. The van der Waals surface area contributed by atoms with Gasteiger partial charge in [-0.15, -0.1) is 0 Å². The van der Waals surface area contributed by atoms with Crippen LogP contribution in [-0.2, 0) is 0 Å². The first-order chi connectivity index (χ1) is 9.11. The van der Waals surface area contributed by atoms with Crippen molar-refractivity contribution >= 4 is 17.3 Å². The largest absolute Gasteiger partial charge is 0.495 e. The van der Waals surface area contributed by atoms with E-state index in [2.05, 4.69) is 5.32 Å². The number of nitrogens with one attached hydrogen (secondary N) is 1. The molecule has 0 unspecified atom stereocenters. The third-order valence-corrected chi connectivity index (χ3v) is 2.78. The number of hydrogen-bond donors (Lipinski definition) is 2. The summed E-state index contributed by atoms with van der Waals surface area (Å²) in [4.78, 5) is 11.2. The molecule has 2 aromatic carbocycles. The molecule has 2 aromatic rings. The van der Waals surface area contributed by atoms with Crippen LogP contribution in [0.15, 0.2) is 42.5 Å².